The van der Waals surface area contributed by atoms with Gasteiger partial charge in [0.1, 0.15) is 11.9 Å². The Morgan fingerprint density at radius 3 is 2.28 bits per heavy atom. The third kappa shape index (κ3) is 5.60. The van der Waals surface area contributed by atoms with Crippen LogP contribution >= 0.6 is 0 Å². The second-order valence-electron chi connectivity index (χ2n) is 5.53. The number of esters is 1. The van der Waals surface area contributed by atoms with Crippen molar-refractivity contribution in [2.75, 3.05) is 6.61 Å². The van der Waals surface area contributed by atoms with Gasteiger partial charge in [-0.25, -0.2) is 4.79 Å². The first-order chi connectivity index (χ1) is 12.1. The van der Waals surface area contributed by atoms with Crippen molar-refractivity contribution in [1.82, 2.24) is 0 Å². The third-order valence-electron chi connectivity index (χ3n) is 3.76. The Balaban J connectivity index is 1.93. The maximum Gasteiger partial charge on any atom is 0.330 e. The quantitative estimate of drug-likeness (QED) is 0.391. The van der Waals surface area contributed by atoms with Crippen molar-refractivity contribution in [3.8, 4) is 5.75 Å². The summed E-state index contributed by atoms with van der Waals surface area (Å²) in [6.45, 7) is 5.65. The number of carbonyl (C=O) groups is 2. The number of carbonyl (C=O) groups excluding carboxylic acids is 2. The molecule has 4 nitrogen and oxygen atoms in total. The molecular weight excluding hydrogens is 316 g/mol. The number of hydrogen-bond acceptors (Lipinski definition) is 4. The third-order valence-corrected chi connectivity index (χ3v) is 3.76. The molecule has 2 aromatic carbocycles. The van der Waals surface area contributed by atoms with Gasteiger partial charge >= 0.3 is 5.97 Å². The van der Waals surface area contributed by atoms with Gasteiger partial charge in [-0.05, 0) is 30.7 Å². The summed E-state index contributed by atoms with van der Waals surface area (Å²) in [4.78, 5) is 23.4. The summed E-state index contributed by atoms with van der Waals surface area (Å²) in [6.07, 6.45) is 2.47. The first-order valence-electron chi connectivity index (χ1n) is 8.29. The molecule has 0 spiro atoms. The molecule has 0 N–H and O–H groups in total. The molecule has 130 valence electrons. The van der Waals surface area contributed by atoms with Crippen LogP contribution in [0, 0.1) is 0 Å². The van der Waals surface area contributed by atoms with Gasteiger partial charge in [-0.1, -0.05) is 43.8 Å². The van der Waals surface area contributed by atoms with Gasteiger partial charge in [-0.15, -0.1) is 0 Å². The predicted molar refractivity (Wildman–Crippen MR) is 96.8 cm³/mol. The number of hydrogen-bond donors (Lipinski definition) is 0. The molecule has 0 amide bonds. The molecular formula is C21H22O4. The summed E-state index contributed by atoms with van der Waals surface area (Å²) < 4.78 is 10.9. The molecule has 0 aliphatic heterocycles. The van der Waals surface area contributed by atoms with Crippen molar-refractivity contribution >= 4 is 11.8 Å². The summed E-state index contributed by atoms with van der Waals surface area (Å²) in [5, 5.41) is 0. The highest BCUT2D eigenvalue weighted by Crippen LogP contribution is 2.18. The number of ether oxygens (including phenoxy) is 2. The van der Waals surface area contributed by atoms with Crippen LogP contribution in [0.1, 0.15) is 35.7 Å². The lowest BCUT2D eigenvalue weighted by Crippen LogP contribution is -2.19. The van der Waals surface area contributed by atoms with Gasteiger partial charge in [0.05, 0.1) is 6.61 Å². The average Bonchev–Trinajstić information content (AvgIpc) is 2.67. The molecule has 2 aromatic rings. The van der Waals surface area contributed by atoms with E-state index in [1.165, 1.54) is 0 Å². The molecule has 1 unspecified atom stereocenters. The lowest BCUT2D eigenvalue weighted by Gasteiger charge is -2.17. The summed E-state index contributed by atoms with van der Waals surface area (Å²) in [6, 6.07) is 16.2. The van der Waals surface area contributed by atoms with Gasteiger partial charge in [0.25, 0.3) is 0 Å². The molecule has 0 aliphatic carbocycles. The molecule has 2 rings (SSSR count). The smallest absolute Gasteiger partial charge is 0.330 e. The molecule has 4 heteroatoms. The molecule has 0 heterocycles. The zero-order valence-electron chi connectivity index (χ0n) is 14.3. The second-order valence-corrected chi connectivity index (χ2v) is 5.53. The fourth-order valence-electron chi connectivity index (χ4n) is 2.33. The minimum absolute atomic E-state index is 0.0180. The van der Waals surface area contributed by atoms with Crippen LogP contribution in [0.25, 0.3) is 0 Å². The van der Waals surface area contributed by atoms with Crippen LogP contribution in [0.2, 0.25) is 0 Å². The predicted octanol–water partition coefficient (Wildman–Crippen LogP) is 4.19. The Hall–Kier alpha value is -2.88. The standard InChI is InChI=1S/C21H22O4/c1-3-18(14-15-24-20(22)4-2)25-19-12-10-17(11-13-19)21(23)16-8-6-5-7-9-16/h4-13,18H,2-3,14-15H2,1H3. The molecule has 25 heavy (non-hydrogen) atoms. The van der Waals surface area contributed by atoms with Gasteiger partial charge in [-0.3, -0.25) is 4.79 Å². The molecule has 0 radical (unpaired) electrons. The number of benzene rings is 2. The van der Waals surface area contributed by atoms with E-state index in [0.717, 1.165) is 12.5 Å². The van der Waals surface area contributed by atoms with E-state index < -0.39 is 5.97 Å². The minimum Gasteiger partial charge on any atom is -0.490 e. The van der Waals surface area contributed by atoms with Gasteiger partial charge in [0.15, 0.2) is 5.78 Å². The second kappa shape index (κ2) is 9.42. The van der Waals surface area contributed by atoms with E-state index in [9.17, 15) is 9.59 Å². The molecule has 0 aliphatic rings. The maximum absolute atomic E-state index is 12.4. The van der Waals surface area contributed by atoms with Crippen molar-refractivity contribution in [1.29, 1.82) is 0 Å². The molecule has 0 bridgehead atoms. The summed E-state index contributed by atoms with van der Waals surface area (Å²) in [5.74, 6) is 0.237. The molecule has 0 saturated carbocycles. The van der Waals surface area contributed by atoms with E-state index in [2.05, 4.69) is 6.58 Å². The van der Waals surface area contributed by atoms with E-state index in [1.54, 1.807) is 36.4 Å². The van der Waals surface area contributed by atoms with Crippen LogP contribution in [-0.2, 0) is 9.53 Å². The maximum atomic E-state index is 12.4. The van der Waals surface area contributed by atoms with Gasteiger partial charge in [0.2, 0.25) is 0 Å². The fourth-order valence-corrected chi connectivity index (χ4v) is 2.33. The molecule has 1 atom stereocenters. The Morgan fingerprint density at radius 2 is 1.68 bits per heavy atom. The van der Waals surface area contributed by atoms with Crippen molar-refractivity contribution in [2.24, 2.45) is 0 Å². The summed E-state index contributed by atoms with van der Waals surface area (Å²) in [5.41, 5.74) is 1.28. The first-order valence-corrected chi connectivity index (χ1v) is 8.29. The van der Waals surface area contributed by atoms with E-state index in [0.29, 0.717) is 23.3 Å². The molecule has 0 fully saturated rings. The van der Waals surface area contributed by atoms with Crippen LogP contribution in [0.15, 0.2) is 67.3 Å². The van der Waals surface area contributed by atoms with E-state index in [-0.39, 0.29) is 18.5 Å². The minimum atomic E-state index is -0.432. The van der Waals surface area contributed by atoms with Crippen LogP contribution < -0.4 is 4.74 Å². The van der Waals surface area contributed by atoms with Crippen LogP contribution in [-0.4, -0.2) is 24.5 Å². The number of rotatable bonds is 9. The average molecular weight is 338 g/mol. The van der Waals surface area contributed by atoms with Crippen molar-refractivity contribution in [3.63, 3.8) is 0 Å². The van der Waals surface area contributed by atoms with Gasteiger partial charge in [-0.2, -0.15) is 0 Å². The fraction of sp³-hybridized carbons (Fsp3) is 0.238. The zero-order chi connectivity index (χ0) is 18.1. The molecule has 0 saturated heterocycles. The topological polar surface area (TPSA) is 52.6 Å². The Kier molecular flexibility index (Phi) is 6.96. The largest absolute Gasteiger partial charge is 0.490 e. The van der Waals surface area contributed by atoms with Crippen LogP contribution in [0.3, 0.4) is 0 Å². The van der Waals surface area contributed by atoms with Crippen molar-refractivity contribution < 1.29 is 19.1 Å². The summed E-state index contributed by atoms with van der Waals surface area (Å²) >= 11 is 0. The number of ketones is 1. The van der Waals surface area contributed by atoms with Crippen molar-refractivity contribution in [3.05, 3.63) is 78.4 Å². The zero-order valence-corrected chi connectivity index (χ0v) is 14.3. The first kappa shape index (κ1) is 18.5. The Bertz CT molecular complexity index is 704. The van der Waals surface area contributed by atoms with Gasteiger partial charge < -0.3 is 9.47 Å². The van der Waals surface area contributed by atoms with E-state index in [1.807, 2.05) is 25.1 Å². The van der Waals surface area contributed by atoms with Gasteiger partial charge in [0, 0.05) is 23.6 Å². The highest BCUT2D eigenvalue weighted by atomic mass is 16.5. The lowest BCUT2D eigenvalue weighted by molar-refractivity contribution is -0.138. The van der Waals surface area contributed by atoms with Crippen molar-refractivity contribution in [2.45, 2.75) is 25.9 Å². The summed E-state index contributed by atoms with van der Waals surface area (Å²) in [7, 11) is 0. The Labute approximate surface area is 148 Å². The highest BCUT2D eigenvalue weighted by molar-refractivity contribution is 6.08. The monoisotopic (exact) mass is 338 g/mol. The SMILES string of the molecule is C=CC(=O)OCCC(CC)Oc1ccc(C(=O)c2ccccc2)cc1. The van der Waals surface area contributed by atoms with Crippen LogP contribution in [0.4, 0.5) is 0 Å². The Morgan fingerprint density at radius 1 is 1.04 bits per heavy atom. The van der Waals surface area contributed by atoms with E-state index >= 15 is 0 Å². The molecule has 0 aromatic heterocycles. The van der Waals surface area contributed by atoms with E-state index in [4.69, 9.17) is 9.47 Å². The normalized spacial score (nSPS) is 11.4. The van der Waals surface area contributed by atoms with Crippen LogP contribution in [0.5, 0.6) is 5.75 Å². The highest BCUT2D eigenvalue weighted by Gasteiger charge is 2.11. The lowest BCUT2D eigenvalue weighted by atomic mass is 10.0.